The molecule has 1 atom stereocenters. The van der Waals surface area contributed by atoms with E-state index in [0.717, 1.165) is 0 Å². The number of benzene rings is 1. The number of anilines is 1. The number of nitrogens with two attached hydrogens (primary N) is 1. The van der Waals surface area contributed by atoms with Gasteiger partial charge in [0.2, 0.25) is 0 Å². The molecule has 0 fully saturated rings. The van der Waals surface area contributed by atoms with Crippen molar-refractivity contribution in [3.63, 3.8) is 0 Å². The Hall–Kier alpha value is -2.68. The van der Waals surface area contributed by atoms with E-state index in [4.69, 9.17) is 10.8 Å². The van der Waals surface area contributed by atoms with Gasteiger partial charge in [0, 0.05) is 17.8 Å². The summed E-state index contributed by atoms with van der Waals surface area (Å²) in [5, 5.41) is 20.6. The molecule has 22 heavy (non-hydrogen) atoms. The van der Waals surface area contributed by atoms with Gasteiger partial charge in [0.1, 0.15) is 6.04 Å². The highest BCUT2D eigenvalue weighted by molar-refractivity contribution is 5.82. The molecule has 122 valence electrons. The van der Waals surface area contributed by atoms with E-state index in [-0.39, 0.29) is 17.6 Å². The number of carbonyl (C=O) groups excluding carboxylic acids is 1. The Morgan fingerprint density at radius 3 is 2.09 bits per heavy atom. The lowest BCUT2D eigenvalue weighted by Gasteiger charge is -2.11. The average Bonchev–Trinajstić information content (AvgIpc) is 2.46. The highest BCUT2D eigenvalue weighted by Gasteiger charge is 2.16. The third-order valence-electron chi connectivity index (χ3n) is 2.52. The van der Waals surface area contributed by atoms with E-state index in [2.05, 4.69) is 10.1 Å². The number of hydrogen-bond acceptors (Lipinski definition) is 6. The Morgan fingerprint density at radius 2 is 1.82 bits per heavy atom. The van der Waals surface area contributed by atoms with E-state index in [1.165, 1.54) is 31.4 Å². The fourth-order valence-corrected chi connectivity index (χ4v) is 1.20. The van der Waals surface area contributed by atoms with Crippen molar-refractivity contribution in [3.8, 4) is 0 Å². The number of methoxy groups -OCH3 is 1. The number of nitrogens with one attached hydrogen (secondary N) is 1. The van der Waals surface area contributed by atoms with Crippen molar-refractivity contribution < 1.29 is 24.4 Å². The van der Waals surface area contributed by atoms with Gasteiger partial charge in [0.25, 0.3) is 5.69 Å². The van der Waals surface area contributed by atoms with Crippen molar-refractivity contribution in [2.75, 3.05) is 12.4 Å². The van der Waals surface area contributed by atoms with E-state index in [1.54, 1.807) is 0 Å². The van der Waals surface area contributed by atoms with Crippen LogP contribution in [0.15, 0.2) is 24.3 Å². The third kappa shape index (κ3) is 7.20. The largest absolute Gasteiger partial charge is 0.468 e. The summed E-state index contributed by atoms with van der Waals surface area (Å²) < 4.78 is 4.41. The minimum Gasteiger partial charge on any atom is -0.468 e. The molecular weight excluding hydrogens is 294 g/mol. The number of carbonyl (C=O) groups is 2. The van der Waals surface area contributed by atoms with E-state index in [9.17, 15) is 19.7 Å². The topological polar surface area (TPSA) is 145 Å². The zero-order valence-electron chi connectivity index (χ0n) is 12.5. The van der Waals surface area contributed by atoms with Gasteiger partial charge < -0.3 is 15.6 Å². The van der Waals surface area contributed by atoms with Gasteiger partial charge in [-0.3, -0.25) is 20.2 Å². The van der Waals surface area contributed by atoms with Crippen molar-refractivity contribution in [3.05, 3.63) is 34.4 Å². The van der Waals surface area contributed by atoms with Gasteiger partial charge in [0.15, 0.2) is 0 Å². The van der Waals surface area contributed by atoms with E-state index < -0.39 is 17.1 Å². The van der Waals surface area contributed by atoms with Crippen molar-refractivity contribution in [2.24, 2.45) is 11.7 Å². The smallest absolute Gasteiger partial charge is 0.409 e. The Morgan fingerprint density at radius 1 is 1.32 bits per heavy atom. The molecule has 0 radical (unpaired) electrons. The summed E-state index contributed by atoms with van der Waals surface area (Å²) in [5.41, 5.74) is 5.63. The molecular formula is C13H19N3O6. The zero-order chi connectivity index (χ0) is 17.3. The molecule has 0 aromatic heterocycles. The van der Waals surface area contributed by atoms with Crippen LogP contribution in [0.1, 0.15) is 13.8 Å². The maximum absolute atomic E-state index is 10.6. The van der Waals surface area contributed by atoms with Crippen LogP contribution in [-0.2, 0) is 9.53 Å². The summed E-state index contributed by atoms with van der Waals surface area (Å²) in [6.07, 6.45) is -1.20. The number of nitrogens with zero attached hydrogens (tertiary/aromatic N) is 1. The molecule has 1 rings (SSSR count). The molecule has 1 aromatic rings. The molecule has 0 aliphatic heterocycles. The Bertz CT molecular complexity index is 515. The number of esters is 1. The molecule has 1 aromatic carbocycles. The fraction of sp³-hybridized carbons (Fsp3) is 0.385. The predicted octanol–water partition coefficient (Wildman–Crippen LogP) is 1.83. The first kappa shape index (κ1) is 19.3. The maximum Gasteiger partial charge on any atom is 0.409 e. The first-order valence-corrected chi connectivity index (χ1v) is 6.26. The first-order chi connectivity index (χ1) is 10.2. The van der Waals surface area contributed by atoms with Crippen molar-refractivity contribution in [2.45, 2.75) is 19.9 Å². The predicted molar refractivity (Wildman–Crippen MR) is 79.6 cm³/mol. The number of nitro groups is 1. The molecule has 4 N–H and O–H groups in total. The lowest BCUT2D eigenvalue weighted by molar-refractivity contribution is -0.384. The molecule has 0 heterocycles. The quantitative estimate of drug-likeness (QED) is 0.436. The fourth-order valence-electron chi connectivity index (χ4n) is 1.20. The number of non-ortho nitro benzene ring substituents is 1. The minimum atomic E-state index is -1.20. The molecule has 0 unspecified atom stereocenters. The molecule has 0 aliphatic rings. The van der Waals surface area contributed by atoms with Gasteiger partial charge in [-0.15, -0.1) is 0 Å². The standard InChI is InChI=1S/C7H6N2O4.C6H13NO2/c10-7(11)8-5-1-3-6(4-2-5)9(12)13;1-4(2)5(7)6(8)9-3/h1-4,8H,(H,10,11);4-5H,7H2,1-3H3/t;5-/m.0/s1. The van der Waals surface area contributed by atoms with E-state index in [1.807, 2.05) is 13.8 Å². The lowest BCUT2D eigenvalue weighted by Crippen LogP contribution is -2.36. The third-order valence-corrected chi connectivity index (χ3v) is 2.52. The summed E-state index contributed by atoms with van der Waals surface area (Å²) in [5.74, 6) is -0.192. The van der Waals surface area contributed by atoms with Gasteiger partial charge in [0.05, 0.1) is 12.0 Å². The average molecular weight is 313 g/mol. The SMILES string of the molecule is COC(=O)[C@@H](N)C(C)C.O=C(O)Nc1ccc([N+](=O)[O-])cc1. The van der Waals surface area contributed by atoms with Crippen LogP contribution < -0.4 is 11.1 Å². The second kappa shape index (κ2) is 9.29. The number of rotatable bonds is 4. The van der Waals surface area contributed by atoms with Crippen LogP contribution in [0.2, 0.25) is 0 Å². The maximum atomic E-state index is 10.6. The molecule has 9 heteroatoms. The summed E-state index contributed by atoms with van der Waals surface area (Å²) in [6.45, 7) is 3.75. The highest BCUT2D eigenvalue weighted by atomic mass is 16.6. The highest BCUT2D eigenvalue weighted by Crippen LogP contribution is 2.14. The van der Waals surface area contributed by atoms with Crippen LogP contribution in [0, 0.1) is 16.0 Å². The molecule has 0 saturated heterocycles. The van der Waals surface area contributed by atoms with Gasteiger partial charge in [-0.1, -0.05) is 13.8 Å². The number of carboxylic acid groups (broad SMARTS) is 1. The zero-order valence-corrected chi connectivity index (χ0v) is 12.5. The minimum absolute atomic E-state index is 0.0732. The second-order valence-corrected chi connectivity index (χ2v) is 4.53. The van der Waals surface area contributed by atoms with E-state index >= 15 is 0 Å². The van der Waals surface area contributed by atoms with Gasteiger partial charge in [-0.05, 0) is 18.1 Å². The molecule has 0 saturated carbocycles. The first-order valence-electron chi connectivity index (χ1n) is 6.26. The Labute approximate surface area is 127 Å². The Balaban J connectivity index is 0.000000433. The molecule has 0 bridgehead atoms. The van der Waals surface area contributed by atoms with Gasteiger partial charge >= 0.3 is 12.1 Å². The van der Waals surface area contributed by atoms with Crippen LogP contribution in [-0.4, -0.2) is 35.2 Å². The molecule has 0 spiro atoms. The van der Waals surface area contributed by atoms with Crippen LogP contribution in [0.25, 0.3) is 0 Å². The summed E-state index contributed by atoms with van der Waals surface area (Å²) in [4.78, 5) is 30.4. The number of nitro benzene ring substituents is 1. The van der Waals surface area contributed by atoms with Gasteiger partial charge in [-0.25, -0.2) is 4.79 Å². The van der Waals surface area contributed by atoms with E-state index in [0.29, 0.717) is 5.69 Å². The van der Waals surface area contributed by atoms with Crippen LogP contribution in [0.5, 0.6) is 0 Å². The number of hydrogen-bond donors (Lipinski definition) is 3. The second-order valence-electron chi connectivity index (χ2n) is 4.53. The summed E-state index contributed by atoms with van der Waals surface area (Å²) in [7, 11) is 1.34. The number of amides is 1. The van der Waals surface area contributed by atoms with Crippen LogP contribution >= 0.6 is 0 Å². The van der Waals surface area contributed by atoms with Crippen LogP contribution in [0.4, 0.5) is 16.2 Å². The van der Waals surface area contributed by atoms with Crippen molar-refractivity contribution in [1.82, 2.24) is 0 Å². The van der Waals surface area contributed by atoms with Crippen molar-refractivity contribution in [1.29, 1.82) is 0 Å². The normalized spacial score (nSPS) is 11.0. The summed E-state index contributed by atoms with van der Waals surface area (Å²) in [6, 6.07) is 4.63. The lowest BCUT2D eigenvalue weighted by atomic mass is 10.1. The number of ether oxygens (including phenoxy) is 1. The van der Waals surface area contributed by atoms with Gasteiger partial charge in [-0.2, -0.15) is 0 Å². The molecule has 1 amide bonds. The Kier molecular flexibility index (Phi) is 8.16. The summed E-state index contributed by atoms with van der Waals surface area (Å²) >= 11 is 0. The van der Waals surface area contributed by atoms with Crippen molar-refractivity contribution >= 4 is 23.4 Å². The molecule has 0 aliphatic carbocycles. The molecule has 9 nitrogen and oxygen atoms in total. The monoisotopic (exact) mass is 313 g/mol. The van der Waals surface area contributed by atoms with Crippen LogP contribution in [0.3, 0.4) is 0 Å².